The van der Waals surface area contributed by atoms with Gasteiger partial charge in [0.2, 0.25) is 0 Å². The molecule has 0 saturated carbocycles. The van der Waals surface area contributed by atoms with Crippen molar-refractivity contribution in [2.24, 2.45) is 0 Å². The third-order valence-corrected chi connectivity index (χ3v) is 5.98. The largest absolute Gasteiger partial charge is 0.386 e. The Kier molecular flexibility index (Phi) is 20.0. The molecule has 38 heavy (non-hydrogen) atoms. The number of carbonyl (C=O) groups excluding carboxylic acids is 2. The summed E-state index contributed by atoms with van der Waals surface area (Å²) in [6, 6.07) is 26.8. The Bertz CT molecular complexity index is 901. The first-order chi connectivity index (χ1) is 18.6. The summed E-state index contributed by atoms with van der Waals surface area (Å²) in [6.45, 7) is 4.36. The van der Waals surface area contributed by atoms with Crippen LogP contribution in [-0.4, -0.2) is 17.7 Å². The van der Waals surface area contributed by atoms with Crippen molar-refractivity contribution in [1.82, 2.24) is 0 Å². The Hall–Kier alpha value is -3.05. The molecule has 206 valence electrons. The van der Waals surface area contributed by atoms with Crippen molar-refractivity contribution in [3.8, 4) is 0 Å². The van der Waals surface area contributed by atoms with E-state index in [4.69, 9.17) is 0 Å². The molecular formula is C33H44O4S. The average Bonchev–Trinajstić information content (AvgIpc) is 2.97. The van der Waals surface area contributed by atoms with Gasteiger partial charge in [-0.1, -0.05) is 137 Å². The molecule has 0 N–H and O–H groups in total. The fourth-order valence-corrected chi connectivity index (χ4v) is 3.68. The third kappa shape index (κ3) is 17.4. The summed E-state index contributed by atoms with van der Waals surface area (Å²) in [4.78, 5) is 31.9. The number of thiol groups is 1. The van der Waals surface area contributed by atoms with Crippen LogP contribution < -0.4 is 0 Å². The van der Waals surface area contributed by atoms with Crippen LogP contribution in [0.15, 0.2) is 91.0 Å². The van der Waals surface area contributed by atoms with Gasteiger partial charge in [-0.05, 0) is 43.4 Å². The van der Waals surface area contributed by atoms with Gasteiger partial charge in [0.15, 0.2) is 0 Å². The van der Waals surface area contributed by atoms with Crippen molar-refractivity contribution in [2.75, 3.05) is 5.75 Å². The number of carbonyl (C=O) groups is 2. The second-order valence-corrected chi connectivity index (χ2v) is 9.48. The third-order valence-electron chi connectivity index (χ3n) is 5.66. The molecule has 0 heterocycles. The lowest BCUT2D eigenvalue weighted by atomic mass is 10.1. The summed E-state index contributed by atoms with van der Waals surface area (Å²) in [5.74, 6) is -0.351. The van der Waals surface area contributed by atoms with Crippen LogP contribution in [0.1, 0.15) is 97.4 Å². The van der Waals surface area contributed by atoms with Crippen molar-refractivity contribution < 1.29 is 19.4 Å². The van der Waals surface area contributed by atoms with E-state index in [2.05, 4.69) is 48.4 Å². The molecule has 0 aromatic heterocycles. The number of hydrogen-bond acceptors (Lipinski definition) is 5. The van der Waals surface area contributed by atoms with Crippen molar-refractivity contribution in [3.05, 3.63) is 108 Å². The Morgan fingerprint density at radius 3 is 1.21 bits per heavy atom. The van der Waals surface area contributed by atoms with E-state index in [-0.39, 0.29) is 0 Å². The van der Waals surface area contributed by atoms with E-state index in [1.165, 1.54) is 69.8 Å². The van der Waals surface area contributed by atoms with Crippen molar-refractivity contribution in [2.45, 2.75) is 78.1 Å². The molecule has 0 bridgehead atoms. The summed E-state index contributed by atoms with van der Waals surface area (Å²) in [5.41, 5.74) is 1.96. The Morgan fingerprint density at radius 2 is 0.895 bits per heavy atom. The smallest absolute Gasteiger partial charge is 0.242 e. The minimum atomic E-state index is -0.708. The zero-order valence-electron chi connectivity index (χ0n) is 23.0. The molecule has 3 aromatic carbocycles. The summed E-state index contributed by atoms with van der Waals surface area (Å²) in [7, 11) is 0. The van der Waals surface area contributed by atoms with E-state index in [0.29, 0.717) is 11.1 Å². The van der Waals surface area contributed by atoms with Gasteiger partial charge < -0.3 is 0 Å². The maximum atomic E-state index is 11.5. The van der Waals surface area contributed by atoms with Crippen LogP contribution >= 0.6 is 12.6 Å². The second-order valence-electron chi connectivity index (χ2n) is 9.03. The van der Waals surface area contributed by atoms with Crippen LogP contribution in [0.5, 0.6) is 0 Å². The maximum absolute atomic E-state index is 11.5. The molecule has 0 atom stereocenters. The summed E-state index contributed by atoms with van der Waals surface area (Å²) < 4.78 is 0. The van der Waals surface area contributed by atoms with Crippen molar-refractivity contribution >= 4 is 24.6 Å². The Balaban J connectivity index is 0.000000315. The molecule has 0 aliphatic heterocycles. The Labute approximate surface area is 235 Å². The van der Waals surface area contributed by atoms with Gasteiger partial charge in [0, 0.05) is 0 Å². The number of aryl methyl sites for hydroxylation is 1. The van der Waals surface area contributed by atoms with Crippen LogP contribution in [0.3, 0.4) is 0 Å². The van der Waals surface area contributed by atoms with E-state index < -0.39 is 11.9 Å². The Morgan fingerprint density at radius 1 is 0.553 bits per heavy atom. The minimum Gasteiger partial charge on any atom is -0.242 e. The molecule has 0 radical (unpaired) electrons. The zero-order chi connectivity index (χ0) is 27.7. The molecule has 3 aromatic rings. The first kappa shape index (κ1) is 33.0. The van der Waals surface area contributed by atoms with Gasteiger partial charge in [-0.3, -0.25) is 0 Å². The van der Waals surface area contributed by atoms with Gasteiger partial charge in [0.05, 0.1) is 11.1 Å². The van der Waals surface area contributed by atoms with Crippen LogP contribution in [-0.2, 0) is 9.78 Å². The number of hydrogen-bond donors (Lipinski definition) is 1. The predicted molar refractivity (Wildman–Crippen MR) is 161 cm³/mol. The van der Waals surface area contributed by atoms with E-state index in [9.17, 15) is 9.59 Å². The topological polar surface area (TPSA) is 52.6 Å². The van der Waals surface area contributed by atoms with Crippen LogP contribution in [0.2, 0.25) is 0 Å². The van der Waals surface area contributed by atoms with Gasteiger partial charge in [0.1, 0.15) is 0 Å². The number of benzene rings is 3. The molecule has 0 saturated heterocycles. The van der Waals surface area contributed by atoms with Crippen LogP contribution in [0, 0.1) is 6.92 Å². The molecule has 0 fully saturated rings. The highest BCUT2D eigenvalue weighted by Gasteiger charge is 2.13. The van der Waals surface area contributed by atoms with Gasteiger partial charge >= 0.3 is 11.9 Å². The average molecular weight is 537 g/mol. The normalized spacial score (nSPS) is 9.76. The van der Waals surface area contributed by atoms with E-state index in [1.54, 1.807) is 60.7 Å². The quantitative estimate of drug-likeness (QED) is 0.108. The molecular weight excluding hydrogens is 492 g/mol. The molecule has 0 spiro atoms. The predicted octanol–water partition coefficient (Wildman–Crippen LogP) is 9.45. The molecule has 4 nitrogen and oxygen atoms in total. The van der Waals surface area contributed by atoms with Gasteiger partial charge in [0.25, 0.3) is 0 Å². The first-order valence-electron chi connectivity index (χ1n) is 13.7. The molecule has 0 aliphatic rings. The summed E-state index contributed by atoms with van der Waals surface area (Å²) in [6.07, 6.45) is 14.2. The highest BCUT2D eigenvalue weighted by molar-refractivity contribution is 7.80. The number of rotatable bonds is 12. The van der Waals surface area contributed by atoms with Crippen molar-refractivity contribution in [1.29, 1.82) is 0 Å². The zero-order valence-corrected chi connectivity index (χ0v) is 23.9. The first-order valence-corrected chi connectivity index (χ1v) is 14.4. The lowest BCUT2D eigenvalue weighted by Gasteiger charge is -2.02. The second kappa shape index (κ2) is 23.1. The van der Waals surface area contributed by atoms with E-state index in [0.717, 1.165) is 5.75 Å². The lowest BCUT2D eigenvalue weighted by molar-refractivity contribution is -0.187. The fraction of sp³-hybridized carbons (Fsp3) is 0.394. The van der Waals surface area contributed by atoms with Gasteiger partial charge in [-0.15, -0.1) is 0 Å². The van der Waals surface area contributed by atoms with Crippen LogP contribution in [0.25, 0.3) is 0 Å². The molecule has 3 rings (SSSR count). The van der Waals surface area contributed by atoms with Crippen LogP contribution in [0.4, 0.5) is 0 Å². The highest BCUT2D eigenvalue weighted by Crippen LogP contribution is 2.10. The van der Waals surface area contributed by atoms with Gasteiger partial charge in [-0.2, -0.15) is 12.6 Å². The maximum Gasteiger partial charge on any atom is 0.386 e. The van der Waals surface area contributed by atoms with E-state index in [1.807, 2.05) is 18.2 Å². The van der Waals surface area contributed by atoms with Crippen molar-refractivity contribution in [3.63, 3.8) is 0 Å². The SMILES string of the molecule is CCCCCCCCCCCCS.Cc1ccccc1.O=C(OOC(=O)c1ccccc1)c1ccccc1. The summed E-state index contributed by atoms with van der Waals surface area (Å²) >= 11 is 4.20. The molecule has 0 unspecified atom stereocenters. The molecule has 5 heteroatoms. The fourth-order valence-electron chi connectivity index (χ4n) is 3.45. The lowest BCUT2D eigenvalue weighted by Crippen LogP contribution is -2.11. The minimum absolute atomic E-state index is 0.318. The standard InChI is InChI=1S/C14H10O4.C12H26S.C7H8/c15-13(11-7-3-1-4-8-11)17-18-14(16)12-9-5-2-6-10-12;1-2-3-4-5-6-7-8-9-10-11-12-13;1-7-5-3-2-4-6-7/h1-10H;13H,2-12H2,1H3;2-6H,1H3. The molecule has 0 aliphatic carbocycles. The number of unbranched alkanes of at least 4 members (excludes halogenated alkanes) is 9. The van der Waals surface area contributed by atoms with Gasteiger partial charge in [-0.25, -0.2) is 19.4 Å². The monoisotopic (exact) mass is 536 g/mol. The summed E-state index contributed by atoms with van der Waals surface area (Å²) in [5, 5.41) is 0. The molecule has 0 amide bonds. The highest BCUT2D eigenvalue weighted by atomic mass is 32.1. The van der Waals surface area contributed by atoms with E-state index >= 15 is 0 Å².